The van der Waals surface area contributed by atoms with E-state index < -0.39 is 16.6 Å². The van der Waals surface area contributed by atoms with Crippen LogP contribution in [0.25, 0.3) is 10.8 Å². The first-order valence-electron chi connectivity index (χ1n) is 9.38. The first-order valence-corrected chi connectivity index (χ1v) is 9.75. The summed E-state index contributed by atoms with van der Waals surface area (Å²) in [5.74, 6) is -1.52. The molecule has 4 aromatic rings. The summed E-state index contributed by atoms with van der Waals surface area (Å²) in [7, 11) is 0. The largest absolute Gasteiger partial charge is 0.436 e. The molecule has 1 amide bonds. The van der Waals surface area contributed by atoms with Crippen molar-refractivity contribution in [1.82, 2.24) is 15.4 Å². The van der Waals surface area contributed by atoms with Crippen LogP contribution in [-0.4, -0.2) is 27.0 Å². The molecule has 0 radical (unpaired) electrons. The topological polar surface area (TPSA) is 120 Å². The van der Waals surface area contributed by atoms with E-state index in [1.165, 1.54) is 30.5 Å². The summed E-state index contributed by atoms with van der Waals surface area (Å²) in [5.41, 5.74) is 2.86. The number of non-ortho nitro benzene ring substituents is 1. The zero-order valence-electron chi connectivity index (χ0n) is 16.6. The Balaban J connectivity index is 1.63. The number of ether oxygens (including phenoxy) is 1. The Morgan fingerprint density at radius 2 is 1.91 bits per heavy atom. The first kappa shape index (κ1) is 21.8. The van der Waals surface area contributed by atoms with E-state index in [4.69, 9.17) is 16.3 Å². The highest BCUT2D eigenvalue weighted by Gasteiger charge is 2.14. The Bertz CT molecular complexity index is 1400. The Morgan fingerprint density at radius 1 is 1.15 bits per heavy atom. The molecule has 9 nitrogen and oxygen atoms in total. The van der Waals surface area contributed by atoms with E-state index in [1.807, 2.05) is 18.2 Å². The minimum Gasteiger partial charge on any atom is -0.436 e. The van der Waals surface area contributed by atoms with Gasteiger partial charge in [-0.1, -0.05) is 30.3 Å². The Kier molecular flexibility index (Phi) is 6.18. The predicted molar refractivity (Wildman–Crippen MR) is 119 cm³/mol. The van der Waals surface area contributed by atoms with Crippen molar-refractivity contribution in [2.45, 2.75) is 0 Å². The molecule has 3 aromatic carbocycles. The standard InChI is InChI=1S/C22H13ClFN5O4/c23-22-25-12-18(24)21(27-22)33-19-10-7-13-3-1-2-4-16(13)17(19)11-26-28-20(30)14-5-8-15(9-6-14)29(31)32/h1-12H,(H,28,30)/b26-11-. The number of halogens is 2. The molecule has 0 fully saturated rings. The van der Waals surface area contributed by atoms with Crippen LogP contribution in [0.4, 0.5) is 10.1 Å². The number of carbonyl (C=O) groups is 1. The smallest absolute Gasteiger partial charge is 0.271 e. The van der Waals surface area contributed by atoms with E-state index in [1.54, 1.807) is 18.2 Å². The maximum atomic E-state index is 14.1. The number of hydrazone groups is 1. The van der Waals surface area contributed by atoms with Gasteiger partial charge in [0.15, 0.2) is 0 Å². The van der Waals surface area contributed by atoms with Crippen molar-refractivity contribution in [1.29, 1.82) is 0 Å². The van der Waals surface area contributed by atoms with Crippen LogP contribution in [0.3, 0.4) is 0 Å². The van der Waals surface area contributed by atoms with Crippen molar-refractivity contribution in [3.05, 3.63) is 99.2 Å². The lowest BCUT2D eigenvalue weighted by Crippen LogP contribution is -2.17. The third kappa shape index (κ3) is 4.91. The number of fused-ring (bicyclic) bond motifs is 1. The molecule has 11 heteroatoms. The van der Waals surface area contributed by atoms with E-state index in [0.29, 0.717) is 5.56 Å². The number of rotatable bonds is 6. The van der Waals surface area contributed by atoms with E-state index in [0.717, 1.165) is 17.0 Å². The summed E-state index contributed by atoms with van der Waals surface area (Å²) in [4.78, 5) is 29.8. The van der Waals surface area contributed by atoms with Gasteiger partial charge < -0.3 is 4.74 Å². The van der Waals surface area contributed by atoms with Crippen molar-refractivity contribution in [2.75, 3.05) is 0 Å². The number of amides is 1. The van der Waals surface area contributed by atoms with Crippen molar-refractivity contribution in [3.63, 3.8) is 0 Å². The van der Waals surface area contributed by atoms with Gasteiger partial charge in [0.1, 0.15) is 5.75 Å². The molecule has 0 saturated carbocycles. The number of nitrogens with one attached hydrogen (secondary N) is 1. The van der Waals surface area contributed by atoms with Crippen LogP contribution < -0.4 is 10.2 Å². The summed E-state index contributed by atoms with van der Waals surface area (Å²) in [6.07, 6.45) is 2.24. The molecule has 0 spiro atoms. The van der Waals surface area contributed by atoms with Gasteiger partial charge in [-0.05, 0) is 40.6 Å². The SMILES string of the molecule is O=C(N/N=C\c1c(Oc2nc(Cl)ncc2F)ccc2ccccc12)c1ccc([N+](=O)[O-])cc1. The molecule has 0 aliphatic carbocycles. The van der Waals surface area contributed by atoms with Crippen molar-refractivity contribution < 1.29 is 18.8 Å². The lowest BCUT2D eigenvalue weighted by molar-refractivity contribution is -0.384. The molecular formula is C22H13ClFN5O4. The fourth-order valence-corrected chi connectivity index (χ4v) is 3.08. The average Bonchev–Trinajstić information content (AvgIpc) is 2.82. The fourth-order valence-electron chi connectivity index (χ4n) is 2.96. The molecular weight excluding hydrogens is 453 g/mol. The molecule has 1 aromatic heterocycles. The number of carbonyl (C=O) groups excluding carboxylic acids is 1. The minimum absolute atomic E-state index is 0.135. The van der Waals surface area contributed by atoms with Gasteiger partial charge in [-0.15, -0.1) is 0 Å². The predicted octanol–water partition coefficient (Wildman–Crippen LogP) is 4.89. The molecule has 164 valence electrons. The van der Waals surface area contributed by atoms with Gasteiger partial charge in [-0.3, -0.25) is 14.9 Å². The number of hydrogen-bond donors (Lipinski definition) is 1. The van der Waals surface area contributed by atoms with Crippen LogP contribution in [0.5, 0.6) is 11.6 Å². The lowest BCUT2D eigenvalue weighted by Gasteiger charge is -2.11. The molecule has 0 atom stereocenters. The number of nitro benzene ring substituents is 1. The highest BCUT2D eigenvalue weighted by atomic mass is 35.5. The summed E-state index contributed by atoms with van der Waals surface area (Å²) >= 11 is 5.74. The van der Waals surface area contributed by atoms with Gasteiger partial charge in [0.2, 0.25) is 11.1 Å². The van der Waals surface area contributed by atoms with Gasteiger partial charge >= 0.3 is 0 Å². The summed E-state index contributed by atoms with van der Waals surface area (Å²) in [6.45, 7) is 0. The second kappa shape index (κ2) is 9.37. The van der Waals surface area contributed by atoms with E-state index in [2.05, 4.69) is 20.5 Å². The molecule has 1 heterocycles. The van der Waals surface area contributed by atoms with Crippen molar-refractivity contribution in [2.24, 2.45) is 5.10 Å². The quantitative estimate of drug-likeness (QED) is 0.187. The van der Waals surface area contributed by atoms with Gasteiger partial charge in [0, 0.05) is 23.3 Å². The van der Waals surface area contributed by atoms with E-state index in [9.17, 15) is 19.3 Å². The number of benzene rings is 3. The van der Waals surface area contributed by atoms with Crippen LogP contribution >= 0.6 is 11.6 Å². The third-order valence-electron chi connectivity index (χ3n) is 4.52. The number of nitrogens with zero attached hydrogens (tertiary/aromatic N) is 4. The minimum atomic E-state index is -0.804. The summed E-state index contributed by atoms with van der Waals surface area (Å²) < 4.78 is 19.7. The monoisotopic (exact) mass is 465 g/mol. The van der Waals surface area contributed by atoms with Crippen LogP contribution in [0, 0.1) is 15.9 Å². The highest BCUT2D eigenvalue weighted by molar-refractivity contribution is 6.28. The second-order valence-corrected chi connectivity index (χ2v) is 6.93. The fraction of sp³-hybridized carbons (Fsp3) is 0. The van der Waals surface area contributed by atoms with Crippen LogP contribution in [0.2, 0.25) is 5.28 Å². The van der Waals surface area contributed by atoms with Gasteiger partial charge in [0.05, 0.1) is 17.3 Å². The number of hydrogen-bond acceptors (Lipinski definition) is 7. The highest BCUT2D eigenvalue weighted by Crippen LogP contribution is 2.31. The van der Waals surface area contributed by atoms with Crippen LogP contribution in [-0.2, 0) is 0 Å². The molecule has 0 aliphatic rings. The lowest BCUT2D eigenvalue weighted by atomic mass is 10.0. The summed E-state index contributed by atoms with van der Waals surface area (Å²) in [6, 6.07) is 15.8. The Hall–Kier alpha value is -4.44. The normalized spacial score (nSPS) is 11.0. The molecule has 0 unspecified atom stereocenters. The molecule has 0 aliphatic heterocycles. The van der Waals surface area contributed by atoms with Crippen molar-refractivity contribution >= 4 is 40.2 Å². The average molecular weight is 466 g/mol. The zero-order valence-corrected chi connectivity index (χ0v) is 17.4. The summed E-state index contributed by atoms with van der Waals surface area (Å²) in [5, 5.41) is 16.1. The van der Waals surface area contributed by atoms with E-state index in [-0.39, 0.29) is 28.2 Å². The Morgan fingerprint density at radius 3 is 2.67 bits per heavy atom. The maximum Gasteiger partial charge on any atom is 0.271 e. The third-order valence-corrected chi connectivity index (χ3v) is 4.70. The number of aromatic nitrogens is 2. The van der Waals surface area contributed by atoms with Gasteiger partial charge in [0.25, 0.3) is 17.5 Å². The van der Waals surface area contributed by atoms with Gasteiger partial charge in [-0.2, -0.15) is 14.5 Å². The van der Waals surface area contributed by atoms with Gasteiger partial charge in [-0.25, -0.2) is 10.4 Å². The molecule has 4 rings (SSSR count). The van der Waals surface area contributed by atoms with Crippen LogP contribution in [0.1, 0.15) is 15.9 Å². The molecule has 1 N–H and O–H groups in total. The molecule has 0 bridgehead atoms. The van der Waals surface area contributed by atoms with Crippen LogP contribution in [0.15, 0.2) is 72.0 Å². The molecule has 33 heavy (non-hydrogen) atoms. The van der Waals surface area contributed by atoms with Crippen molar-refractivity contribution in [3.8, 4) is 11.6 Å². The van der Waals surface area contributed by atoms with E-state index >= 15 is 0 Å². The number of nitro groups is 1. The zero-order chi connectivity index (χ0) is 23.4. The molecule has 0 saturated heterocycles. The maximum absolute atomic E-state index is 14.1. The Labute approximate surface area is 190 Å². The second-order valence-electron chi connectivity index (χ2n) is 6.60. The first-order chi connectivity index (χ1) is 15.9.